The van der Waals surface area contributed by atoms with Crippen LogP contribution >= 0.6 is 0 Å². The van der Waals surface area contributed by atoms with Crippen molar-refractivity contribution in [2.75, 3.05) is 45.7 Å². The Bertz CT molecular complexity index is 707. The van der Waals surface area contributed by atoms with Crippen LogP contribution in [0.2, 0.25) is 0 Å². The number of hydrogen-bond acceptors (Lipinski definition) is 5. The monoisotopic (exact) mass is 343 g/mol. The van der Waals surface area contributed by atoms with Crippen LogP contribution in [-0.4, -0.2) is 56.0 Å². The summed E-state index contributed by atoms with van der Waals surface area (Å²) in [6.07, 6.45) is 3.36. The first-order valence-corrected chi connectivity index (χ1v) is 8.53. The summed E-state index contributed by atoms with van der Waals surface area (Å²) >= 11 is 0. The topological polar surface area (TPSA) is 58.0 Å². The molecule has 1 aliphatic rings. The second-order valence-corrected chi connectivity index (χ2v) is 6.43. The number of piperazine rings is 1. The van der Waals surface area contributed by atoms with Gasteiger partial charge in [0.05, 0.1) is 31.4 Å². The van der Waals surface area contributed by atoms with E-state index in [1.807, 2.05) is 36.1 Å². The first kappa shape index (κ1) is 17.4. The van der Waals surface area contributed by atoms with Gasteiger partial charge < -0.3 is 24.3 Å². The Morgan fingerprint density at radius 1 is 1.24 bits per heavy atom. The minimum atomic E-state index is 0.0432. The van der Waals surface area contributed by atoms with Crippen LogP contribution < -0.4 is 10.1 Å². The largest absolute Gasteiger partial charge is 0.495 e. The van der Waals surface area contributed by atoms with E-state index in [0.717, 1.165) is 37.4 Å². The van der Waals surface area contributed by atoms with E-state index in [1.165, 1.54) is 0 Å². The second-order valence-electron chi connectivity index (χ2n) is 6.43. The number of methoxy groups -OCH3 is 1. The Morgan fingerprint density at radius 3 is 2.64 bits per heavy atom. The highest BCUT2D eigenvalue weighted by Gasteiger charge is 2.21. The van der Waals surface area contributed by atoms with Crippen molar-refractivity contribution in [2.45, 2.75) is 13.0 Å². The molecule has 1 aliphatic heterocycles. The van der Waals surface area contributed by atoms with Crippen LogP contribution in [0.15, 0.2) is 41.2 Å². The Labute approximate surface area is 148 Å². The van der Waals surface area contributed by atoms with Gasteiger partial charge in [-0.2, -0.15) is 0 Å². The number of ether oxygens (including phenoxy) is 1. The number of likely N-dealkylation sites (N-methyl/N-ethyl adjacent to an activating group) is 1. The highest BCUT2D eigenvalue weighted by Crippen LogP contribution is 2.30. The normalized spacial score (nSPS) is 16.5. The van der Waals surface area contributed by atoms with E-state index in [0.29, 0.717) is 11.3 Å². The summed E-state index contributed by atoms with van der Waals surface area (Å²) in [4.78, 5) is 16.9. The quantitative estimate of drug-likeness (QED) is 0.905. The smallest absolute Gasteiger partial charge is 0.254 e. The van der Waals surface area contributed by atoms with Gasteiger partial charge in [0.2, 0.25) is 0 Å². The lowest BCUT2D eigenvalue weighted by molar-refractivity contribution is 0.0664. The molecule has 1 amide bonds. The number of nitrogens with zero attached hydrogens (tertiary/aromatic N) is 2. The molecule has 0 bridgehead atoms. The van der Waals surface area contributed by atoms with Crippen LogP contribution in [0.4, 0.5) is 5.69 Å². The molecule has 1 aromatic carbocycles. The van der Waals surface area contributed by atoms with E-state index in [2.05, 4.69) is 17.3 Å². The molecule has 0 spiro atoms. The molecule has 6 heteroatoms. The van der Waals surface area contributed by atoms with Gasteiger partial charge in [0.1, 0.15) is 5.75 Å². The van der Waals surface area contributed by atoms with Gasteiger partial charge in [-0.1, -0.05) is 0 Å². The number of benzene rings is 1. The van der Waals surface area contributed by atoms with Gasteiger partial charge in [0.25, 0.3) is 5.91 Å². The summed E-state index contributed by atoms with van der Waals surface area (Å²) in [7, 11) is 3.71. The summed E-state index contributed by atoms with van der Waals surface area (Å²) in [6.45, 7) is 5.37. The van der Waals surface area contributed by atoms with E-state index in [-0.39, 0.29) is 11.9 Å². The zero-order chi connectivity index (χ0) is 17.8. The third-order valence-electron chi connectivity index (χ3n) is 4.65. The van der Waals surface area contributed by atoms with Crippen LogP contribution in [-0.2, 0) is 0 Å². The second kappa shape index (κ2) is 7.61. The summed E-state index contributed by atoms with van der Waals surface area (Å²) < 4.78 is 10.6. The Balaban J connectivity index is 1.78. The molecule has 25 heavy (non-hydrogen) atoms. The van der Waals surface area contributed by atoms with E-state index < -0.39 is 0 Å². The van der Waals surface area contributed by atoms with Crippen molar-refractivity contribution in [3.63, 3.8) is 0 Å². The van der Waals surface area contributed by atoms with E-state index in [1.54, 1.807) is 19.6 Å². The molecule has 0 radical (unpaired) electrons. The number of carbonyl (C=O) groups is 1. The van der Waals surface area contributed by atoms with E-state index in [4.69, 9.17) is 9.15 Å². The predicted molar refractivity (Wildman–Crippen MR) is 97.1 cm³/mol. The highest BCUT2D eigenvalue weighted by atomic mass is 16.5. The van der Waals surface area contributed by atoms with Crippen molar-refractivity contribution in [3.8, 4) is 5.75 Å². The first-order chi connectivity index (χ1) is 12.1. The third kappa shape index (κ3) is 3.96. The molecule has 1 atom stereocenters. The van der Waals surface area contributed by atoms with Crippen molar-refractivity contribution >= 4 is 11.6 Å². The molecule has 1 aromatic heterocycles. The average molecular weight is 343 g/mol. The fourth-order valence-electron chi connectivity index (χ4n) is 2.98. The van der Waals surface area contributed by atoms with Gasteiger partial charge in [-0.25, -0.2) is 0 Å². The fraction of sp³-hybridized carbons (Fsp3) is 0.421. The van der Waals surface area contributed by atoms with Crippen molar-refractivity contribution in [1.82, 2.24) is 9.80 Å². The average Bonchev–Trinajstić information content (AvgIpc) is 3.16. The van der Waals surface area contributed by atoms with E-state index in [9.17, 15) is 4.79 Å². The Morgan fingerprint density at radius 2 is 2.00 bits per heavy atom. The molecule has 1 saturated heterocycles. The molecule has 2 heterocycles. The SMILES string of the molecule is COc1ccc(C(=O)N2CCN(C)CC2)cc1N[C@H](C)c1ccoc1. The Hall–Kier alpha value is -2.47. The molecule has 134 valence electrons. The van der Waals surface area contributed by atoms with Gasteiger partial charge in [-0.05, 0) is 38.2 Å². The molecule has 0 aliphatic carbocycles. The van der Waals surface area contributed by atoms with Crippen molar-refractivity contribution in [1.29, 1.82) is 0 Å². The molecule has 3 rings (SSSR count). The number of rotatable bonds is 5. The number of carbonyl (C=O) groups excluding carboxylic acids is 1. The van der Waals surface area contributed by atoms with Gasteiger partial charge >= 0.3 is 0 Å². The van der Waals surface area contributed by atoms with Gasteiger partial charge in [-0.3, -0.25) is 4.79 Å². The maximum absolute atomic E-state index is 12.8. The minimum absolute atomic E-state index is 0.0432. The lowest BCUT2D eigenvalue weighted by Gasteiger charge is -2.32. The number of anilines is 1. The fourth-order valence-corrected chi connectivity index (χ4v) is 2.98. The van der Waals surface area contributed by atoms with Gasteiger partial charge in [0.15, 0.2) is 0 Å². The summed E-state index contributed by atoms with van der Waals surface area (Å²) in [6, 6.07) is 7.50. The standard InChI is InChI=1S/C19H25N3O3/c1-14(16-6-11-25-13-16)20-17-12-15(4-5-18(17)24-3)19(23)22-9-7-21(2)8-10-22/h4-6,11-14,20H,7-10H2,1-3H3/t14-/m1/s1. The number of amides is 1. The lowest BCUT2D eigenvalue weighted by Crippen LogP contribution is -2.47. The van der Waals surface area contributed by atoms with E-state index >= 15 is 0 Å². The maximum Gasteiger partial charge on any atom is 0.254 e. The molecule has 0 unspecified atom stereocenters. The number of nitrogens with one attached hydrogen (secondary N) is 1. The van der Waals surface area contributed by atoms with Crippen molar-refractivity contribution in [2.24, 2.45) is 0 Å². The zero-order valence-corrected chi connectivity index (χ0v) is 15.0. The molecule has 1 fully saturated rings. The molecule has 2 aromatic rings. The third-order valence-corrected chi connectivity index (χ3v) is 4.65. The zero-order valence-electron chi connectivity index (χ0n) is 15.0. The Kier molecular flexibility index (Phi) is 5.28. The van der Waals surface area contributed by atoms with Gasteiger partial charge in [-0.15, -0.1) is 0 Å². The number of furan rings is 1. The summed E-state index contributed by atoms with van der Waals surface area (Å²) in [5.74, 6) is 0.778. The lowest BCUT2D eigenvalue weighted by atomic mass is 10.1. The van der Waals surface area contributed by atoms with Crippen molar-refractivity contribution < 1.29 is 13.9 Å². The van der Waals surface area contributed by atoms with Crippen molar-refractivity contribution in [3.05, 3.63) is 47.9 Å². The van der Waals surface area contributed by atoms with Gasteiger partial charge in [0, 0.05) is 37.3 Å². The molecular formula is C19H25N3O3. The van der Waals surface area contributed by atoms with Crippen LogP contribution in [0.25, 0.3) is 0 Å². The van der Waals surface area contributed by atoms with Crippen LogP contribution in [0.5, 0.6) is 5.75 Å². The highest BCUT2D eigenvalue weighted by molar-refractivity contribution is 5.95. The molecule has 1 N–H and O–H groups in total. The van der Waals surface area contributed by atoms with Crippen LogP contribution in [0.3, 0.4) is 0 Å². The summed E-state index contributed by atoms with van der Waals surface area (Å²) in [5, 5.41) is 3.41. The number of hydrogen-bond donors (Lipinski definition) is 1. The molecular weight excluding hydrogens is 318 g/mol. The predicted octanol–water partition coefficient (Wildman–Crippen LogP) is 2.85. The van der Waals surface area contributed by atoms with Crippen LogP contribution in [0, 0.1) is 0 Å². The summed E-state index contributed by atoms with van der Waals surface area (Å²) in [5.41, 5.74) is 2.52. The first-order valence-electron chi connectivity index (χ1n) is 8.53. The molecule has 0 saturated carbocycles. The molecule has 6 nitrogen and oxygen atoms in total. The maximum atomic E-state index is 12.8. The minimum Gasteiger partial charge on any atom is -0.495 e. The van der Waals surface area contributed by atoms with Crippen LogP contribution in [0.1, 0.15) is 28.9 Å².